The van der Waals surface area contributed by atoms with Gasteiger partial charge in [-0.2, -0.15) is 5.10 Å². The van der Waals surface area contributed by atoms with E-state index in [2.05, 4.69) is 5.10 Å². The Hall–Kier alpha value is -3.61. The van der Waals surface area contributed by atoms with Gasteiger partial charge in [-0.1, -0.05) is 18.2 Å². The molecule has 2 heterocycles. The van der Waals surface area contributed by atoms with Crippen molar-refractivity contribution in [3.05, 3.63) is 60.4 Å². The molecule has 1 saturated carbocycles. The van der Waals surface area contributed by atoms with Gasteiger partial charge in [0.1, 0.15) is 5.75 Å². The summed E-state index contributed by atoms with van der Waals surface area (Å²) < 4.78 is 7.69. The summed E-state index contributed by atoms with van der Waals surface area (Å²) in [7, 11) is 0. The Morgan fingerprint density at radius 2 is 1.88 bits per heavy atom. The first-order valence-electron chi connectivity index (χ1n) is 10.9. The van der Waals surface area contributed by atoms with E-state index in [0.29, 0.717) is 29.7 Å². The Morgan fingerprint density at radius 1 is 1.06 bits per heavy atom. The lowest BCUT2D eigenvalue weighted by Gasteiger charge is -2.40. The van der Waals surface area contributed by atoms with Gasteiger partial charge in [0.05, 0.1) is 29.7 Å². The van der Waals surface area contributed by atoms with Gasteiger partial charge >= 0.3 is 6.09 Å². The number of rotatable bonds is 3. The van der Waals surface area contributed by atoms with Crippen molar-refractivity contribution in [2.75, 3.05) is 16.3 Å². The summed E-state index contributed by atoms with van der Waals surface area (Å²) in [5.74, 6) is 0.444. The molecule has 0 spiro atoms. The molecule has 1 atom stereocenters. The van der Waals surface area contributed by atoms with Crippen molar-refractivity contribution in [3.8, 4) is 16.9 Å². The highest BCUT2D eigenvalue weighted by Gasteiger charge is 2.35. The molecule has 7 heteroatoms. The molecule has 0 radical (unpaired) electrons. The number of hydrogen-bond donors (Lipinski definition) is 0. The van der Waals surface area contributed by atoms with Crippen molar-refractivity contribution in [2.24, 2.45) is 0 Å². The minimum atomic E-state index is -0.460. The van der Waals surface area contributed by atoms with E-state index >= 15 is 0 Å². The van der Waals surface area contributed by atoms with E-state index in [1.165, 1.54) is 0 Å². The van der Waals surface area contributed by atoms with Crippen LogP contribution in [0.3, 0.4) is 0 Å². The van der Waals surface area contributed by atoms with Crippen LogP contribution < -0.4 is 14.5 Å². The van der Waals surface area contributed by atoms with Crippen LogP contribution in [0.4, 0.5) is 16.2 Å². The normalized spacial score (nSPS) is 17.8. The molecule has 2 amide bonds. The summed E-state index contributed by atoms with van der Waals surface area (Å²) in [6.07, 6.45) is 5.76. The zero-order valence-corrected chi connectivity index (χ0v) is 18.5. The Morgan fingerprint density at radius 3 is 2.59 bits per heavy atom. The fraction of sp³-hybridized carbons (Fsp3) is 0.320. The monoisotopic (exact) mass is 430 g/mol. The second-order valence-corrected chi connectivity index (χ2v) is 8.68. The molecule has 0 bridgehead atoms. The zero-order valence-electron chi connectivity index (χ0n) is 18.5. The summed E-state index contributed by atoms with van der Waals surface area (Å²) in [4.78, 5) is 29.0. The molecule has 1 aromatic heterocycles. The molecule has 0 saturated heterocycles. The van der Waals surface area contributed by atoms with Gasteiger partial charge in [-0.3, -0.25) is 14.4 Å². The first-order valence-corrected chi connectivity index (χ1v) is 10.9. The van der Waals surface area contributed by atoms with E-state index in [-0.39, 0.29) is 11.9 Å². The Kier molecular flexibility index (Phi) is 4.96. The van der Waals surface area contributed by atoms with Crippen LogP contribution in [0.5, 0.6) is 5.75 Å². The number of aromatic nitrogens is 2. The molecular weight excluding hydrogens is 404 g/mol. The Labute approximate surface area is 187 Å². The molecule has 2 aromatic carbocycles. The summed E-state index contributed by atoms with van der Waals surface area (Å²) in [6.45, 7) is 5.79. The highest BCUT2D eigenvalue weighted by atomic mass is 16.6. The van der Waals surface area contributed by atoms with Crippen LogP contribution in [-0.4, -0.2) is 34.4 Å². The van der Waals surface area contributed by atoms with E-state index in [0.717, 1.165) is 29.5 Å². The van der Waals surface area contributed by atoms with Crippen LogP contribution in [0.25, 0.3) is 11.1 Å². The number of amides is 2. The van der Waals surface area contributed by atoms with Gasteiger partial charge in [-0.25, -0.2) is 4.79 Å². The number of hydrogen-bond acceptors (Lipinski definition) is 4. The number of carbonyl (C=O) groups excluding carboxylic acids is 2. The van der Waals surface area contributed by atoms with Crippen molar-refractivity contribution in [1.82, 2.24) is 9.78 Å². The molecule has 3 aromatic rings. The Balaban J connectivity index is 1.52. The lowest BCUT2D eigenvalue weighted by atomic mass is 10.0. The van der Waals surface area contributed by atoms with Gasteiger partial charge in [0.15, 0.2) is 0 Å². The summed E-state index contributed by atoms with van der Waals surface area (Å²) in [5.41, 5.74) is 4.31. The molecule has 7 nitrogen and oxygen atoms in total. The van der Waals surface area contributed by atoms with E-state index in [4.69, 9.17) is 4.74 Å². The molecule has 0 unspecified atom stereocenters. The number of carbonyl (C=O) groups is 2. The summed E-state index contributed by atoms with van der Waals surface area (Å²) in [6, 6.07) is 13.6. The summed E-state index contributed by atoms with van der Waals surface area (Å²) >= 11 is 0. The zero-order chi connectivity index (χ0) is 22.4. The number of nitrogens with zero attached hydrogens (tertiary/aromatic N) is 4. The number of aryl methyl sites for hydroxylation is 1. The predicted molar refractivity (Wildman–Crippen MR) is 123 cm³/mol. The fourth-order valence-corrected chi connectivity index (χ4v) is 4.32. The van der Waals surface area contributed by atoms with Crippen molar-refractivity contribution in [1.29, 1.82) is 0 Å². The van der Waals surface area contributed by atoms with Crippen LogP contribution in [0.1, 0.15) is 38.3 Å². The van der Waals surface area contributed by atoms with Gasteiger partial charge in [-0.15, -0.1) is 0 Å². The number of anilines is 2. The van der Waals surface area contributed by atoms with Gasteiger partial charge in [0.2, 0.25) is 5.91 Å². The second-order valence-electron chi connectivity index (χ2n) is 8.68. The van der Waals surface area contributed by atoms with Gasteiger partial charge in [0.25, 0.3) is 0 Å². The third-order valence-electron chi connectivity index (χ3n) is 6.02. The fourth-order valence-electron chi connectivity index (χ4n) is 4.32. The number of fused-ring (bicyclic) bond motifs is 1. The lowest BCUT2D eigenvalue weighted by molar-refractivity contribution is -0.117. The van der Waals surface area contributed by atoms with Crippen molar-refractivity contribution in [3.63, 3.8) is 0 Å². The van der Waals surface area contributed by atoms with Crippen LogP contribution in [0, 0.1) is 6.92 Å². The van der Waals surface area contributed by atoms with E-state index in [1.54, 1.807) is 22.8 Å². The van der Waals surface area contributed by atoms with E-state index < -0.39 is 6.09 Å². The van der Waals surface area contributed by atoms with E-state index in [9.17, 15) is 9.59 Å². The molecular formula is C25H26N4O3. The lowest BCUT2D eigenvalue weighted by Crippen LogP contribution is -2.52. The standard InChI is InChI=1S/C25H26N4O3/c1-16-5-4-6-22(11-16)32-25(31)27-14-17(2)29(18(3)30)23-10-7-19(12-24(23)27)20-13-26-28(15-20)21-8-9-21/h4-7,10-13,15,17,21H,8-9,14H2,1-3H3/t17-/m0/s1. The molecule has 5 rings (SSSR count). The third-order valence-corrected chi connectivity index (χ3v) is 6.02. The predicted octanol–water partition coefficient (Wildman–Crippen LogP) is 4.95. The van der Waals surface area contributed by atoms with Crippen molar-refractivity contribution >= 4 is 23.4 Å². The maximum atomic E-state index is 13.2. The van der Waals surface area contributed by atoms with Crippen molar-refractivity contribution in [2.45, 2.75) is 45.7 Å². The molecule has 0 N–H and O–H groups in total. The minimum absolute atomic E-state index is 0.0558. The maximum absolute atomic E-state index is 13.2. The second kappa shape index (κ2) is 7.82. The molecule has 1 aliphatic heterocycles. The molecule has 32 heavy (non-hydrogen) atoms. The summed E-state index contributed by atoms with van der Waals surface area (Å²) in [5, 5.41) is 4.49. The minimum Gasteiger partial charge on any atom is -0.410 e. The average Bonchev–Trinajstić information content (AvgIpc) is 3.49. The first kappa shape index (κ1) is 20.3. The maximum Gasteiger partial charge on any atom is 0.419 e. The Bertz CT molecular complexity index is 1200. The largest absolute Gasteiger partial charge is 0.419 e. The van der Waals surface area contributed by atoms with Crippen LogP contribution in [0.2, 0.25) is 0 Å². The number of benzene rings is 2. The van der Waals surface area contributed by atoms with Crippen LogP contribution in [0.15, 0.2) is 54.9 Å². The molecule has 2 aliphatic rings. The van der Waals surface area contributed by atoms with E-state index in [1.807, 2.05) is 67.3 Å². The molecule has 1 fully saturated rings. The first-order chi connectivity index (χ1) is 15.4. The average molecular weight is 431 g/mol. The molecule has 164 valence electrons. The number of ether oxygens (including phenoxy) is 1. The third kappa shape index (κ3) is 3.75. The van der Waals surface area contributed by atoms with Crippen LogP contribution in [-0.2, 0) is 4.79 Å². The quantitative estimate of drug-likeness (QED) is 0.589. The highest BCUT2D eigenvalue weighted by molar-refractivity contribution is 6.03. The van der Waals surface area contributed by atoms with Crippen LogP contribution >= 0.6 is 0 Å². The highest BCUT2D eigenvalue weighted by Crippen LogP contribution is 2.40. The van der Waals surface area contributed by atoms with Crippen molar-refractivity contribution < 1.29 is 14.3 Å². The van der Waals surface area contributed by atoms with Gasteiger partial charge in [0, 0.05) is 25.2 Å². The molecule has 1 aliphatic carbocycles. The topological polar surface area (TPSA) is 67.7 Å². The van der Waals surface area contributed by atoms with Gasteiger partial charge < -0.3 is 9.64 Å². The van der Waals surface area contributed by atoms with Gasteiger partial charge in [-0.05, 0) is 62.1 Å². The SMILES string of the molecule is CC(=O)N1c2ccc(-c3cnn(C4CC4)c3)cc2N(C(=O)Oc2cccc(C)c2)C[C@@H]1C. The smallest absolute Gasteiger partial charge is 0.410 e.